The molecule has 3 rings (SSSR count). The number of carbonyl (C=O) groups is 2. The number of urea groups is 1. The van der Waals surface area contributed by atoms with E-state index in [1.54, 1.807) is 0 Å². The van der Waals surface area contributed by atoms with Crippen LogP contribution in [0, 0.1) is 11.8 Å². The van der Waals surface area contributed by atoms with Crippen molar-refractivity contribution >= 4 is 23.5 Å². The molecule has 1 unspecified atom stereocenters. The van der Waals surface area contributed by atoms with E-state index in [2.05, 4.69) is 16.0 Å². The molecule has 0 spiro atoms. The molecule has 1 aromatic carbocycles. The summed E-state index contributed by atoms with van der Waals surface area (Å²) in [6, 6.07) is 7.60. The number of rotatable bonds is 11. The molecular weight excluding hydrogens is 480 g/mol. The molecule has 4 atom stereocenters. The fourth-order valence-electron chi connectivity index (χ4n) is 5.31. The van der Waals surface area contributed by atoms with Gasteiger partial charge in [-0.25, -0.2) is 4.79 Å². The van der Waals surface area contributed by atoms with Gasteiger partial charge in [-0.1, -0.05) is 30.2 Å². The summed E-state index contributed by atoms with van der Waals surface area (Å²) >= 11 is 6.27. The van der Waals surface area contributed by atoms with Crippen LogP contribution in [0.4, 0.5) is 4.79 Å². The quantitative estimate of drug-likeness (QED) is 0.411. The van der Waals surface area contributed by atoms with Crippen LogP contribution in [0.15, 0.2) is 24.3 Å². The van der Waals surface area contributed by atoms with Crippen LogP contribution in [0.3, 0.4) is 0 Å². The molecule has 3 N–H and O–H groups in total. The van der Waals surface area contributed by atoms with E-state index in [9.17, 15) is 9.59 Å². The van der Waals surface area contributed by atoms with E-state index in [0.29, 0.717) is 30.6 Å². The van der Waals surface area contributed by atoms with Crippen molar-refractivity contribution in [3.63, 3.8) is 0 Å². The normalized spacial score (nSPS) is 22.4. The first-order valence-electron chi connectivity index (χ1n) is 13.4. The molecule has 0 bridgehead atoms. The Morgan fingerprint density at radius 1 is 1.25 bits per heavy atom. The largest absolute Gasteiger partial charge is 0.381 e. The van der Waals surface area contributed by atoms with Crippen molar-refractivity contribution < 1.29 is 19.1 Å². The molecule has 0 saturated carbocycles. The third kappa shape index (κ3) is 9.21. The summed E-state index contributed by atoms with van der Waals surface area (Å²) in [6.45, 7) is 6.02. The summed E-state index contributed by atoms with van der Waals surface area (Å²) < 4.78 is 11.9. The van der Waals surface area contributed by atoms with Crippen molar-refractivity contribution in [1.82, 2.24) is 20.9 Å². The van der Waals surface area contributed by atoms with Gasteiger partial charge in [-0.05, 0) is 69.7 Å². The molecule has 36 heavy (non-hydrogen) atoms. The van der Waals surface area contributed by atoms with Crippen LogP contribution >= 0.6 is 11.6 Å². The zero-order valence-electron chi connectivity index (χ0n) is 21.8. The fourth-order valence-corrected chi connectivity index (χ4v) is 5.51. The van der Waals surface area contributed by atoms with Crippen molar-refractivity contribution in [3.05, 3.63) is 34.9 Å². The number of likely N-dealkylation sites (tertiary alicyclic amines) is 1. The lowest BCUT2D eigenvalue weighted by Crippen LogP contribution is -2.52. The van der Waals surface area contributed by atoms with Gasteiger partial charge in [0.1, 0.15) is 6.61 Å². The van der Waals surface area contributed by atoms with Crippen molar-refractivity contribution in [1.29, 1.82) is 0 Å². The van der Waals surface area contributed by atoms with E-state index in [4.69, 9.17) is 21.1 Å². The van der Waals surface area contributed by atoms with E-state index in [1.165, 1.54) is 6.42 Å². The third-order valence-electron chi connectivity index (χ3n) is 7.02. The van der Waals surface area contributed by atoms with Gasteiger partial charge in [-0.15, -0.1) is 0 Å². The minimum absolute atomic E-state index is 0.0264. The van der Waals surface area contributed by atoms with Crippen molar-refractivity contribution in [2.45, 2.75) is 57.6 Å². The number of amides is 3. The van der Waals surface area contributed by atoms with Crippen molar-refractivity contribution in [3.8, 4) is 0 Å². The molecular formula is C27H43ClN4O4. The molecule has 2 aliphatic rings. The molecule has 202 valence electrons. The summed E-state index contributed by atoms with van der Waals surface area (Å²) in [5.41, 5.74) is 0.931. The third-order valence-corrected chi connectivity index (χ3v) is 7.25. The molecule has 2 aliphatic heterocycles. The maximum atomic E-state index is 13.3. The van der Waals surface area contributed by atoms with Crippen LogP contribution < -0.4 is 16.0 Å². The Bertz CT molecular complexity index is 819. The number of hydrogen-bond acceptors (Lipinski definition) is 5. The number of carbonyl (C=O) groups excluding carboxylic acids is 2. The Balaban J connectivity index is 1.64. The van der Waals surface area contributed by atoms with Crippen LogP contribution in [0.5, 0.6) is 0 Å². The number of likely N-dealkylation sites (N-methyl/N-ethyl adjacent to an activating group) is 2. The van der Waals surface area contributed by atoms with Crippen LogP contribution in [0.25, 0.3) is 0 Å². The number of ether oxygens (including phenoxy) is 2. The molecule has 8 nitrogen and oxygen atoms in total. The maximum absolute atomic E-state index is 13.3. The summed E-state index contributed by atoms with van der Waals surface area (Å²) in [5, 5.41) is 9.91. The number of benzene rings is 1. The number of piperidine rings is 1. The summed E-state index contributed by atoms with van der Waals surface area (Å²) in [4.78, 5) is 27.3. The monoisotopic (exact) mass is 522 g/mol. The maximum Gasteiger partial charge on any atom is 0.317 e. The van der Waals surface area contributed by atoms with Crippen LogP contribution in [0.2, 0.25) is 5.02 Å². The Kier molecular flexibility index (Phi) is 12.3. The highest BCUT2D eigenvalue weighted by Gasteiger charge is 2.32. The highest BCUT2D eigenvalue weighted by atomic mass is 35.5. The fraction of sp³-hybridized carbons (Fsp3) is 0.704. The van der Waals surface area contributed by atoms with Crippen molar-refractivity contribution in [2.75, 3.05) is 53.0 Å². The standard InChI is InChI=1S/C27H43ClN4O4/c1-3-30-25(33)19-36-26(21-9-6-11-23(28)15-21)22-10-7-12-32(17-22)27(34)31-24(16-29-2)14-20-8-4-5-13-35-18-20/h6,9,11,15,20,22,24,26,29H,3-5,7-8,10,12-14,16-19H2,1-2H3,(H,30,33)(H,31,34)/t20?,22-,24+,26+/m1/s1. The zero-order chi connectivity index (χ0) is 25.8. The van der Waals surface area contributed by atoms with Crippen molar-refractivity contribution in [2.24, 2.45) is 11.8 Å². The van der Waals surface area contributed by atoms with Gasteiger partial charge < -0.3 is 30.3 Å². The van der Waals surface area contributed by atoms with Crippen LogP contribution in [-0.4, -0.2) is 75.9 Å². The lowest BCUT2D eigenvalue weighted by Gasteiger charge is -2.38. The predicted molar refractivity (Wildman–Crippen MR) is 142 cm³/mol. The Morgan fingerprint density at radius 2 is 2.11 bits per heavy atom. The lowest BCUT2D eigenvalue weighted by molar-refractivity contribution is -0.129. The van der Waals surface area contributed by atoms with Gasteiger partial charge in [-0.3, -0.25) is 4.79 Å². The second kappa shape index (κ2) is 15.4. The van der Waals surface area contributed by atoms with Gasteiger partial charge in [0.05, 0.1) is 6.10 Å². The van der Waals surface area contributed by atoms with Gasteiger partial charge in [0.15, 0.2) is 0 Å². The number of nitrogens with one attached hydrogen (secondary N) is 3. The summed E-state index contributed by atoms with van der Waals surface area (Å²) in [5.74, 6) is 0.387. The Hall–Kier alpha value is -1.87. The molecule has 2 fully saturated rings. The first-order valence-corrected chi connectivity index (χ1v) is 13.8. The van der Waals surface area contributed by atoms with E-state index >= 15 is 0 Å². The highest BCUT2D eigenvalue weighted by Crippen LogP contribution is 2.34. The van der Waals surface area contributed by atoms with Gasteiger partial charge in [0.2, 0.25) is 5.91 Å². The zero-order valence-corrected chi connectivity index (χ0v) is 22.5. The number of halogens is 1. The first-order chi connectivity index (χ1) is 17.5. The van der Waals surface area contributed by atoms with Crippen LogP contribution in [-0.2, 0) is 14.3 Å². The molecule has 3 amide bonds. The average molecular weight is 523 g/mol. The number of nitrogens with zero attached hydrogens (tertiary/aromatic N) is 1. The average Bonchev–Trinajstić information content (AvgIpc) is 3.13. The van der Waals surface area contributed by atoms with E-state index in [1.807, 2.05) is 43.1 Å². The minimum Gasteiger partial charge on any atom is -0.381 e. The summed E-state index contributed by atoms with van der Waals surface area (Å²) in [6.07, 6.45) is 5.82. The molecule has 2 saturated heterocycles. The van der Waals surface area contributed by atoms with Gasteiger partial charge in [-0.2, -0.15) is 0 Å². The SMILES string of the molecule is CCNC(=O)CO[C@@H](c1cccc(Cl)c1)[C@@H]1CCCN(C(=O)N[C@H](CNC)CC2CCCCOC2)C1. The topological polar surface area (TPSA) is 91.9 Å². The molecule has 0 radical (unpaired) electrons. The van der Waals surface area contributed by atoms with Crippen LogP contribution in [0.1, 0.15) is 57.1 Å². The second-order valence-corrected chi connectivity index (χ2v) is 10.4. The lowest BCUT2D eigenvalue weighted by atomic mass is 9.88. The Morgan fingerprint density at radius 3 is 2.89 bits per heavy atom. The smallest absolute Gasteiger partial charge is 0.317 e. The second-order valence-electron chi connectivity index (χ2n) is 9.96. The predicted octanol–water partition coefficient (Wildman–Crippen LogP) is 3.75. The Labute approximate surface area is 220 Å². The summed E-state index contributed by atoms with van der Waals surface area (Å²) in [7, 11) is 1.92. The first kappa shape index (κ1) is 28.7. The van der Waals surface area contributed by atoms with E-state index in [-0.39, 0.29) is 36.6 Å². The minimum atomic E-state index is -0.321. The molecule has 1 aromatic rings. The highest BCUT2D eigenvalue weighted by molar-refractivity contribution is 6.30. The van der Waals surface area contributed by atoms with E-state index < -0.39 is 0 Å². The van der Waals surface area contributed by atoms with Gasteiger partial charge in [0.25, 0.3) is 0 Å². The molecule has 0 aromatic heterocycles. The number of hydrogen-bond donors (Lipinski definition) is 3. The molecule has 9 heteroatoms. The molecule has 2 heterocycles. The van der Waals surface area contributed by atoms with Gasteiger partial charge >= 0.3 is 6.03 Å². The molecule has 0 aliphatic carbocycles. The van der Waals surface area contributed by atoms with Gasteiger partial charge in [0, 0.05) is 56.4 Å². The van der Waals surface area contributed by atoms with E-state index in [0.717, 1.165) is 57.4 Å².